The molecule has 0 bridgehead atoms. The number of fused-ring (bicyclic) bond motifs is 1. The number of anilines is 2. The lowest BCUT2D eigenvalue weighted by atomic mass is 10.2. The smallest absolute Gasteiger partial charge is 0.225 e. The summed E-state index contributed by atoms with van der Waals surface area (Å²) < 4.78 is 5.76. The Kier molecular flexibility index (Phi) is 4.47. The average molecular weight is 338 g/mol. The number of hydrogen-bond donors (Lipinski definition) is 1. The van der Waals surface area contributed by atoms with Crippen molar-refractivity contribution < 1.29 is 4.74 Å². The molecule has 25 heavy (non-hydrogen) atoms. The summed E-state index contributed by atoms with van der Waals surface area (Å²) in [6.07, 6.45) is 3.68. The fraction of sp³-hybridized carbons (Fsp3) is 0.389. The number of nitrogens with one attached hydrogen (secondary N) is 1. The van der Waals surface area contributed by atoms with Gasteiger partial charge in [-0.15, -0.1) is 0 Å². The normalized spacial score (nSPS) is 20.5. The summed E-state index contributed by atoms with van der Waals surface area (Å²) in [4.78, 5) is 18.1. The van der Waals surface area contributed by atoms with Crippen molar-refractivity contribution in [1.29, 1.82) is 0 Å². The zero-order valence-corrected chi connectivity index (χ0v) is 14.3. The van der Waals surface area contributed by atoms with E-state index in [1.54, 1.807) is 12.4 Å². The van der Waals surface area contributed by atoms with E-state index < -0.39 is 0 Å². The lowest BCUT2D eigenvalue weighted by Crippen LogP contribution is -2.50. The second-order valence-electron chi connectivity index (χ2n) is 6.19. The number of nitrogens with zero attached hydrogens (tertiary/aromatic N) is 5. The fourth-order valence-electron chi connectivity index (χ4n) is 3.16. The van der Waals surface area contributed by atoms with Crippen LogP contribution in [0.15, 0.2) is 47.7 Å². The van der Waals surface area contributed by atoms with Crippen molar-refractivity contribution in [2.45, 2.75) is 13.1 Å². The Balaban J connectivity index is 1.36. The molecule has 7 heteroatoms. The van der Waals surface area contributed by atoms with Crippen molar-refractivity contribution in [3.05, 3.63) is 42.7 Å². The quantitative estimate of drug-likeness (QED) is 0.921. The van der Waals surface area contributed by atoms with Crippen molar-refractivity contribution >= 4 is 17.5 Å². The maximum Gasteiger partial charge on any atom is 0.225 e. The minimum atomic E-state index is 0.107. The second-order valence-corrected chi connectivity index (χ2v) is 6.19. The van der Waals surface area contributed by atoms with Gasteiger partial charge < -0.3 is 15.0 Å². The van der Waals surface area contributed by atoms with Crippen LogP contribution in [-0.4, -0.2) is 59.7 Å². The van der Waals surface area contributed by atoms with Crippen molar-refractivity contribution in [2.75, 3.05) is 43.0 Å². The van der Waals surface area contributed by atoms with E-state index in [1.165, 1.54) is 0 Å². The number of piperazine rings is 1. The number of rotatable bonds is 3. The largest absolute Gasteiger partial charge is 0.484 e. The maximum absolute atomic E-state index is 5.76. The van der Waals surface area contributed by atoms with E-state index in [-0.39, 0.29) is 6.17 Å². The highest BCUT2D eigenvalue weighted by Crippen LogP contribution is 2.26. The zero-order chi connectivity index (χ0) is 17.1. The lowest BCUT2D eigenvalue weighted by Gasteiger charge is -2.37. The van der Waals surface area contributed by atoms with Crippen LogP contribution < -0.4 is 15.0 Å². The third-order valence-corrected chi connectivity index (χ3v) is 4.55. The number of aromatic nitrogens is 2. The van der Waals surface area contributed by atoms with Crippen molar-refractivity contribution in [3.8, 4) is 5.75 Å². The number of hydrogen-bond acceptors (Lipinski definition) is 6. The molecule has 1 saturated heterocycles. The Morgan fingerprint density at radius 3 is 2.64 bits per heavy atom. The van der Waals surface area contributed by atoms with Gasteiger partial charge in [0.15, 0.2) is 0 Å². The number of ether oxygens (including phenoxy) is 1. The molecule has 1 aromatic carbocycles. The lowest BCUT2D eigenvalue weighted by molar-refractivity contribution is 0.201. The predicted molar refractivity (Wildman–Crippen MR) is 98.3 cm³/mol. The number of para-hydroxylation sites is 2. The van der Waals surface area contributed by atoms with Crippen LogP contribution in [0, 0.1) is 0 Å². The molecule has 7 nitrogen and oxygen atoms in total. The van der Waals surface area contributed by atoms with E-state index in [9.17, 15) is 0 Å². The van der Waals surface area contributed by atoms with Crippen LogP contribution in [0.5, 0.6) is 5.75 Å². The summed E-state index contributed by atoms with van der Waals surface area (Å²) in [5.74, 6) is 2.56. The Morgan fingerprint density at radius 2 is 1.84 bits per heavy atom. The van der Waals surface area contributed by atoms with Crippen LogP contribution in [0.3, 0.4) is 0 Å². The molecule has 1 N–H and O–H groups in total. The Bertz CT molecular complexity index is 742. The molecule has 2 aromatic rings. The first-order valence-electron chi connectivity index (χ1n) is 8.61. The molecule has 0 spiro atoms. The molecular weight excluding hydrogens is 316 g/mol. The van der Waals surface area contributed by atoms with E-state index >= 15 is 0 Å². The van der Waals surface area contributed by atoms with Crippen LogP contribution in [0.1, 0.15) is 6.92 Å². The third-order valence-electron chi connectivity index (χ3n) is 4.55. The molecule has 4 rings (SSSR count). The summed E-state index contributed by atoms with van der Waals surface area (Å²) in [6.45, 7) is 6.31. The maximum atomic E-state index is 5.76. The number of benzene rings is 1. The molecule has 1 aromatic heterocycles. The molecule has 1 fully saturated rings. The van der Waals surface area contributed by atoms with Gasteiger partial charge >= 0.3 is 0 Å². The van der Waals surface area contributed by atoms with Crippen molar-refractivity contribution in [1.82, 2.24) is 14.9 Å². The number of amidine groups is 1. The van der Waals surface area contributed by atoms with Crippen LogP contribution >= 0.6 is 0 Å². The first kappa shape index (κ1) is 15.8. The van der Waals surface area contributed by atoms with E-state index in [0.717, 1.165) is 49.4 Å². The predicted octanol–water partition coefficient (Wildman–Crippen LogP) is 1.85. The summed E-state index contributed by atoms with van der Waals surface area (Å²) in [6, 6.07) is 9.78. The first-order chi connectivity index (χ1) is 12.3. The van der Waals surface area contributed by atoms with Gasteiger partial charge in [-0.3, -0.25) is 9.89 Å². The van der Waals surface area contributed by atoms with Crippen LogP contribution in [0.4, 0.5) is 11.6 Å². The molecule has 130 valence electrons. The van der Waals surface area contributed by atoms with E-state index in [1.807, 2.05) is 30.3 Å². The van der Waals surface area contributed by atoms with Crippen molar-refractivity contribution in [2.24, 2.45) is 4.99 Å². The number of aliphatic imine (C=N–C) groups is 1. The molecular formula is C18H22N6O. The van der Waals surface area contributed by atoms with Gasteiger partial charge in [0.25, 0.3) is 0 Å². The molecule has 3 heterocycles. The standard InChI is InChI=1S/C18H22N6O/c1-14(21-17-13-25-16-6-3-2-5-15(16)22-17)23-9-11-24(12-10-23)18-19-7-4-8-20-18/h2-8,14H,9-13H2,1H3,(H,21,22). The first-order valence-corrected chi connectivity index (χ1v) is 8.61. The van der Waals surface area contributed by atoms with Gasteiger partial charge in [0.1, 0.15) is 24.4 Å². The van der Waals surface area contributed by atoms with E-state index in [0.29, 0.717) is 6.61 Å². The van der Waals surface area contributed by atoms with Gasteiger partial charge in [-0.25, -0.2) is 9.97 Å². The van der Waals surface area contributed by atoms with E-state index in [4.69, 9.17) is 9.73 Å². The molecule has 1 unspecified atom stereocenters. The highest BCUT2D eigenvalue weighted by Gasteiger charge is 2.23. The molecule has 0 saturated carbocycles. The highest BCUT2D eigenvalue weighted by atomic mass is 16.5. The topological polar surface area (TPSA) is 65.9 Å². The van der Waals surface area contributed by atoms with Crippen molar-refractivity contribution in [3.63, 3.8) is 0 Å². The van der Waals surface area contributed by atoms with Crippen LogP contribution in [0.25, 0.3) is 0 Å². The molecule has 2 aliphatic heterocycles. The molecule has 0 radical (unpaired) electrons. The Morgan fingerprint density at radius 1 is 1.08 bits per heavy atom. The summed E-state index contributed by atoms with van der Waals surface area (Å²) >= 11 is 0. The molecule has 2 aliphatic rings. The van der Waals surface area contributed by atoms with Gasteiger partial charge in [-0.05, 0) is 25.1 Å². The molecule has 0 aliphatic carbocycles. The Labute approximate surface area is 147 Å². The second kappa shape index (κ2) is 7.06. The van der Waals surface area contributed by atoms with Gasteiger partial charge in [0.2, 0.25) is 5.95 Å². The Hall–Kier alpha value is -2.67. The van der Waals surface area contributed by atoms with Gasteiger partial charge in [0, 0.05) is 38.6 Å². The summed E-state index contributed by atoms with van der Waals surface area (Å²) in [7, 11) is 0. The SMILES string of the molecule is CC(/N=C1/COc2ccccc2N1)N1CCN(c2ncccn2)CC1. The third kappa shape index (κ3) is 3.56. The molecule has 0 amide bonds. The zero-order valence-electron chi connectivity index (χ0n) is 14.3. The fourth-order valence-corrected chi connectivity index (χ4v) is 3.16. The van der Waals surface area contributed by atoms with Gasteiger partial charge in [0.05, 0.1) is 5.69 Å². The van der Waals surface area contributed by atoms with Gasteiger partial charge in [-0.2, -0.15) is 0 Å². The molecule has 1 atom stereocenters. The van der Waals surface area contributed by atoms with E-state index in [2.05, 4.69) is 32.0 Å². The minimum Gasteiger partial charge on any atom is -0.484 e. The summed E-state index contributed by atoms with van der Waals surface area (Å²) in [5, 5.41) is 3.37. The highest BCUT2D eigenvalue weighted by molar-refractivity contribution is 5.99. The minimum absolute atomic E-state index is 0.107. The van der Waals surface area contributed by atoms with Gasteiger partial charge in [-0.1, -0.05) is 12.1 Å². The summed E-state index contributed by atoms with van der Waals surface area (Å²) in [5.41, 5.74) is 0.978. The van der Waals surface area contributed by atoms with Crippen LogP contribution in [0.2, 0.25) is 0 Å². The monoisotopic (exact) mass is 338 g/mol. The van der Waals surface area contributed by atoms with Crippen LogP contribution in [-0.2, 0) is 0 Å². The average Bonchev–Trinajstić information content (AvgIpc) is 2.69.